The highest BCUT2D eigenvalue weighted by atomic mass is 32.2. The van der Waals surface area contributed by atoms with Crippen molar-refractivity contribution >= 4 is 32.2 Å². The van der Waals surface area contributed by atoms with E-state index in [1.807, 2.05) is 12.1 Å². The lowest BCUT2D eigenvalue weighted by molar-refractivity contribution is 0.271. The van der Waals surface area contributed by atoms with Crippen molar-refractivity contribution in [2.75, 3.05) is 49.2 Å². The van der Waals surface area contributed by atoms with E-state index in [-0.39, 0.29) is 5.56 Å². The van der Waals surface area contributed by atoms with Crippen LogP contribution in [-0.4, -0.2) is 72.9 Å². The van der Waals surface area contributed by atoms with Gasteiger partial charge in [0.05, 0.1) is 28.1 Å². The molecule has 1 aliphatic carbocycles. The number of benzene rings is 1. The molecular weight excluding hydrogens is 452 g/mol. The van der Waals surface area contributed by atoms with Crippen molar-refractivity contribution in [1.29, 1.82) is 0 Å². The lowest BCUT2D eigenvalue weighted by atomic mass is 10.1. The van der Waals surface area contributed by atoms with Crippen LogP contribution < -0.4 is 15.8 Å². The summed E-state index contributed by atoms with van der Waals surface area (Å²) in [6.45, 7) is 6.52. The SMILES string of the molecule is CCN1CCN(c2ccc(-c3cc4ncn(C)c(=O)c4c(NC4CC4)n3)cc2S(C)(=O)=O)CC1. The Bertz CT molecular complexity index is 1410. The Morgan fingerprint density at radius 1 is 1.12 bits per heavy atom. The molecule has 1 N–H and O–H groups in total. The number of anilines is 2. The molecule has 2 aliphatic rings. The van der Waals surface area contributed by atoms with Crippen LogP contribution in [0.1, 0.15) is 19.8 Å². The molecule has 3 heterocycles. The second-order valence-corrected chi connectivity index (χ2v) is 11.2. The van der Waals surface area contributed by atoms with Crippen molar-refractivity contribution in [2.45, 2.75) is 30.7 Å². The first-order chi connectivity index (χ1) is 16.2. The molecule has 2 aromatic heterocycles. The molecule has 180 valence electrons. The average molecular weight is 483 g/mol. The molecule has 1 saturated carbocycles. The molecule has 2 fully saturated rings. The molecule has 0 radical (unpaired) electrons. The predicted octanol–water partition coefficient (Wildman–Crippen LogP) is 2.12. The smallest absolute Gasteiger partial charge is 0.264 e. The molecule has 0 atom stereocenters. The summed E-state index contributed by atoms with van der Waals surface area (Å²) >= 11 is 0. The maximum atomic E-state index is 12.8. The Balaban J connectivity index is 1.60. The van der Waals surface area contributed by atoms with Gasteiger partial charge in [-0.2, -0.15) is 0 Å². The first-order valence-corrected chi connectivity index (χ1v) is 13.6. The van der Waals surface area contributed by atoms with E-state index in [1.165, 1.54) is 17.2 Å². The fraction of sp³-hybridized carbons (Fsp3) is 0.458. The molecule has 0 unspecified atom stereocenters. The maximum absolute atomic E-state index is 12.8. The lowest BCUT2D eigenvalue weighted by Crippen LogP contribution is -2.46. The van der Waals surface area contributed by atoms with Crippen molar-refractivity contribution < 1.29 is 8.42 Å². The number of piperazine rings is 1. The number of hydrogen-bond donors (Lipinski definition) is 1. The molecule has 0 bridgehead atoms. The minimum atomic E-state index is -3.47. The summed E-state index contributed by atoms with van der Waals surface area (Å²) in [6.07, 6.45) is 4.81. The second-order valence-electron chi connectivity index (χ2n) is 9.21. The number of hydrogen-bond acceptors (Lipinski definition) is 8. The summed E-state index contributed by atoms with van der Waals surface area (Å²) in [4.78, 5) is 26.8. The summed E-state index contributed by atoms with van der Waals surface area (Å²) in [6, 6.07) is 7.55. The molecule has 5 rings (SSSR count). The Morgan fingerprint density at radius 3 is 2.50 bits per heavy atom. The largest absolute Gasteiger partial charge is 0.368 e. The van der Waals surface area contributed by atoms with Gasteiger partial charge in [-0.3, -0.25) is 4.79 Å². The van der Waals surface area contributed by atoms with Gasteiger partial charge in [-0.15, -0.1) is 0 Å². The first-order valence-electron chi connectivity index (χ1n) is 11.7. The zero-order valence-electron chi connectivity index (χ0n) is 19.8. The monoisotopic (exact) mass is 482 g/mol. The van der Waals surface area contributed by atoms with Crippen molar-refractivity contribution in [3.05, 3.63) is 40.9 Å². The topological polar surface area (TPSA) is 100 Å². The van der Waals surface area contributed by atoms with Gasteiger partial charge in [0.1, 0.15) is 11.2 Å². The number of aromatic nitrogens is 3. The van der Waals surface area contributed by atoms with Crippen LogP contribution in [0.4, 0.5) is 11.5 Å². The fourth-order valence-corrected chi connectivity index (χ4v) is 5.35. The number of aryl methyl sites for hydroxylation is 1. The maximum Gasteiger partial charge on any atom is 0.264 e. The molecule has 1 aromatic carbocycles. The Hall–Kier alpha value is -2.98. The van der Waals surface area contributed by atoms with Crippen molar-refractivity contribution in [3.63, 3.8) is 0 Å². The number of pyridine rings is 1. The zero-order chi connectivity index (χ0) is 24.0. The van der Waals surface area contributed by atoms with Gasteiger partial charge in [0.25, 0.3) is 5.56 Å². The van der Waals surface area contributed by atoms with Crippen LogP contribution in [0.2, 0.25) is 0 Å². The Morgan fingerprint density at radius 2 is 1.85 bits per heavy atom. The van der Waals surface area contributed by atoms with E-state index in [2.05, 4.69) is 27.0 Å². The number of fused-ring (bicyclic) bond motifs is 1. The summed E-state index contributed by atoms with van der Waals surface area (Å²) in [5.74, 6) is 0.504. The molecule has 34 heavy (non-hydrogen) atoms. The molecule has 10 heteroatoms. The van der Waals surface area contributed by atoms with E-state index in [4.69, 9.17) is 4.98 Å². The highest BCUT2D eigenvalue weighted by molar-refractivity contribution is 7.90. The average Bonchev–Trinajstić information content (AvgIpc) is 3.64. The molecular formula is C24H30N6O3S. The molecule has 1 aliphatic heterocycles. The lowest BCUT2D eigenvalue weighted by Gasteiger charge is -2.36. The number of nitrogens with zero attached hydrogens (tertiary/aromatic N) is 5. The van der Waals surface area contributed by atoms with Gasteiger partial charge >= 0.3 is 0 Å². The highest BCUT2D eigenvalue weighted by Gasteiger charge is 2.26. The third-order valence-corrected chi connectivity index (χ3v) is 7.76. The van der Waals surface area contributed by atoms with Crippen LogP contribution in [-0.2, 0) is 16.9 Å². The van der Waals surface area contributed by atoms with E-state index in [0.29, 0.717) is 38.9 Å². The third-order valence-electron chi connectivity index (χ3n) is 6.64. The van der Waals surface area contributed by atoms with E-state index >= 15 is 0 Å². The minimum Gasteiger partial charge on any atom is -0.368 e. The van der Waals surface area contributed by atoms with Gasteiger partial charge in [-0.05, 0) is 37.6 Å². The Labute approximate surface area is 199 Å². The predicted molar refractivity (Wildman–Crippen MR) is 134 cm³/mol. The van der Waals surface area contributed by atoms with E-state index in [0.717, 1.165) is 51.3 Å². The molecule has 0 spiro atoms. The van der Waals surface area contributed by atoms with Crippen molar-refractivity contribution in [2.24, 2.45) is 7.05 Å². The van der Waals surface area contributed by atoms with Gasteiger partial charge < -0.3 is 19.7 Å². The van der Waals surface area contributed by atoms with Crippen LogP contribution in [0, 0.1) is 0 Å². The standard InChI is InChI=1S/C24H30N6O3S/c1-4-29-9-11-30(12-10-29)20-8-5-16(13-21(20)34(3,32)33)18-14-19-22(24(31)28(2)15-25-19)23(27-18)26-17-6-7-17/h5,8,13-15,17H,4,6-7,9-12H2,1-3H3,(H,26,27). The summed E-state index contributed by atoms with van der Waals surface area (Å²) < 4.78 is 27.0. The van der Waals surface area contributed by atoms with E-state index in [1.54, 1.807) is 19.2 Å². The number of rotatable bonds is 6. The van der Waals surface area contributed by atoms with Crippen LogP contribution in [0.3, 0.4) is 0 Å². The van der Waals surface area contributed by atoms with Gasteiger partial charge in [-0.1, -0.05) is 13.0 Å². The zero-order valence-corrected chi connectivity index (χ0v) is 20.6. The second kappa shape index (κ2) is 8.66. The first kappa shape index (κ1) is 22.8. The molecule has 3 aromatic rings. The number of likely N-dealkylation sites (N-methyl/N-ethyl adjacent to an activating group) is 1. The quantitative estimate of drug-likeness (QED) is 0.570. The summed E-state index contributed by atoms with van der Waals surface area (Å²) in [5, 5.41) is 3.81. The summed E-state index contributed by atoms with van der Waals surface area (Å²) in [7, 11) is -1.81. The van der Waals surface area contributed by atoms with Gasteiger partial charge in [0.15, 0.2) is 9.84 Å². The van der Waals surface area contributed by atoms with Crippen LogP contribution in [0.25, 0.3) is 22.2 Å². The van der Waals surface area contributed by atoms with Crippen molar-refractivity contribution in [3.8, 4) is 11.3 Å². The highest BCUT2D eigenvalue weighted by Crippen LogP contribution is 2.34. The number of nitrogens with one attached hydrogen (secondary N) is 1. The van der Waals surface area contributed by atoms with E-state index < -0.39 is 9.84 Å². The molecule has 1 saturated heterocycles. The van der Waals surface area contributed by atoms with Crippen molar-refractivity contribution in [1.82, 2.24) is 19.4 Å². The van der Waals surface area contributed by atoms with Gasteiger partial charge in [0.2, 0.25) is 0 Å². The normalized spacial score (nSPS) is 17.3. The van der Waals surface area contributed by atoms with E-state index in [9.17, 15) is 13.2 Å². The molecule has 0 amide bonds. The van der Waals surface area contributed by atoms with Crippen LogP contribution in [0.5, 0.6) is 0 Å². The summed E-state index contributed by atoms with van der Waals surface area (Å²) in [5.41, 5.74) is 2.37. The van der Waals surface area contributed by atoms with Gasteiger partial charge in [0, 0.05) is 51.1 Å². The van der Waals surface area contributed by atoms with Gasteiger partial charge in [-0.25, -0.2) is 18.4 Å². The fourth-order valence-electron chi connectivity index (χ4n) is 4.43. The number of sulfone groups is 1. The molecule has 9 nitrogen and oxygen atoms in total. The Kier molecular flexibility index (Phi) is 5.81. The van der Waals surface area contributed by atoms with Crippen LogP contribution >= 0.6 is 0 Å². The minimum absolute atomic E-state index is 0.161. The third kappa shape index (κ3) is 4.39. The van der Waals surface area contributed by atoms with Crippen LogP contribution in [0.15, 0.2) is 40.3 Å².